The van der Waals surface area contributed by atoms with Gasteiger partial charge in [-0.05, 0) is 39.3 Å². The van der Waals surface area contributed by atoms with E-state index in [4.69, 9.17) is 35.6 Å². The van der Waals surface area contributed by atoms with E-state index in [9.17, 15) is 4.79 Å². The first-order valence-corrected chi connectivity index (χ1v) is 13.6. The highest BCUT2D eigenvalue weighted by Gasteiger charge is 2.47. The second-order valence-electron chi connectivity index (χ2n) is 11.1. The molecule has 2 bridgehead atoms. The van der Waals surface area contributed by atoms with Gasteiger partial charge in [-0.2, -0.15) is 0 Å². The van der Waals surface area contributed by atoms with Crippen molar-refractivity contribution in [3.05, 3.63) is 29.4 Å². The van der Waals surface area contributed by atoms with Gasteiger partial charge in [-0.25, -0.2) is 14.8 Å². The molecular formula is C27H33ClN6O5. The Bertz CT molecular complexity index is 1380. The number of methoxy groups -OCH3 is 1. The molecule has 0 aliphatic carbocycles. The second kappa shape index (κ2) is 10.0. The van der Waals surface area contributed by atoms with Gasteiger partial charge in [0.1, 0.15) is 22.7 Å². The van der Waals surface area contributed by atoms with Crippen molar-refractivity contribution in [3.63, 3.8) is 0 Å². The van der Waals surface area contributed by atoms with Gasteiger partial charge in [0.25, 0.3) is 0 Å². The van der Waals surface area contributed by atoms with Crippen molar-refractivity contribution in [1.82, 2.24) is 20.0 Å². The van der Waals surface area contributed by atoms with Crippen molar-refractivity contribution >= 4 is 40.3 Å². The molecule has 208 valence electrons. The lowest BCUT2D eigenvalue weighted by atomic mass is 10.1. The zero-order chi connectivity index (χ0) is 27.3. The monoisotopic (exact) mass is 556 g/mol. The van der Waals surface area contributed by atoms with Gasteiger partial charge in [-0.1, -0.05) is 11.6 Å². The molecular weight excluding hydrogens is 524 g/mol. The predicted molar refractivity (Wildman–Crippen MR) is 147 cm³/mol. The molecule has 39 heavy (non-hydrogen) atoms. The summed E-state index contributed by atoms with van der Waals surface area (Å²) < 4.78 is 16.6. The number of rotatable bonds is 5. The lowest BCUT2D eigenvalue weighted by molar-refractivity contribution is -0.152. The molecule has 6 rings (SSSR count). The van der Waals surface area contributed by atoms with Crippen molar-refractivity contribution < 1.29 is 23.8 Å². The van der Waals surface area contributed by atoms with Crippen LogP contribution in [0.25, 0.3) is 22.6 Å². The molecule has 12 heteroatoms. The first kappa shape index (κ1) is 26.0. The van der Waals surface area contributed by atoms with Gasteiger partial charge in [0.05, 0.1) is 55.4 Å². The molecule has 0 saturated carbocycles. The number of hydrogen-bond acceptors (Lipinski definition) is 10. The van der Waals surface area contributed by atoms with E-state index in [0.29, 0.717) is 42.8 Å². The van der Waals surface area contributed by atoms with Crippen LogP contribution in [0.2, 0.25) is 5.02 Å². The SMILES string of the molecule is COc1cc(N2CCOCC2)ccc1-c1nc2ncc(Cl)c(N3C[C@@H]4C[C@H]3CN4OC(=O)OC(C)(C)C)c2[nH]1. The molecule has 0 unspecified atom stereocenters. The number of H-pyrrole nitrogens is 1. The number of hydrogen-bond donors (Lipinski definition) is 1. The van der Waals surface area contributed by atoms with Gasteiger partial charge in [0, 0.05) is 37.4 Å². The van der Waals surface area contributed by atoms with Crippen LogP contribution in [0.5, 0.6) is 5.75 Å². The van der Waals surface area contributed by atoms with Gasteiger partial charge >= 0.3 is 6.16 Å². The number of hydroxylamine groups is 2. The van der Waals surface area contributed by atoms with Crippen LogP contribution >= 0.6 is 11.6 Å². The number of aromatic amines is 1. The number of aromatic nitrogens is 3. The number of benzene rings is 1. The van der Waals surface area contributed by atoms with E-state index in [-0.39, 0.29) is 12.1 Å². The van der Waals surface area contributed by atoms with Crippen LogP contribution < -0.4 is 14.5 Å². The third-order valence-electron chi connectivity index (χ3n) is 7.32. The van der Waals surface area contributed by atoms with Gasteiger partial charge in [-0.3, -0.25) is 0 Å². The van der Waals surface area contributed by atoms with Gasteiger partial charge in [0.2, 0.25) is 0 Å². The number of carbonyl (C=O) groups is 1. The number of halogens is 1. The first-order valence-electron chi connectivity index (χ1n) is 13.2. The molecule has 0 radical (unpaired) electrons. The fourth-order valence-corrected chi connectivity index (χ4v) is 5.86. The summed E-state index contributed by atoms with van der Waals surface area (Å²) in [5.41, 5.74) is 3.52. The minimum Gasteiger partial charge on any atom is -0.496 e. The van der Waals surface area contributed by atoms with Crippen molar-refractivity contribution in [2.75, 3.05) is 56.3 Å². The van der Waals surface area contributed by atoms with E-state index < -0.39 is 11.8 Å². The predicted octanol–water partition coefficient (Wildman–Crippen LogP) is 4.25. The van der Waals surface area contributed by atoms with Crippen LogP contribution in [0.1, 0.15) is 27.2 Å². The maximum Gasteiger partial charge on any atom is 0.528 e. The van der Waals surface area contributed by atoms with E-state index in [2.05, 4.69) is 25.8 Å². The summed E-state index contributed by atoms with van der Waals surface area (Å²) in [5, 5.41) is 2.26. The van der Waals surface area contributed by atoms with Crippen LogP contribution in [0.3, 0.4) is 0 Å². The molecule has 5 heterocycles. The maximum atomic E-state index is 12.2. The van der Waals surface area contributed by atoms with E-state index >= 15 is 0 Å². The van der Waals surface area contributed by atoms with E-state index in [0.717, 1.165) is 47.7 Å². The average Bonchev–Trinajstić information content (AvgIpc) is 3.62. The molecule has 0 spiro atoms. The van der Waals surface area contributed by atoms with Gasteiger partial charge in [-0.15, -0.1) is 5.06 Å². The van der Waals surface area contributed by atoms with E-state index in [1.54, 1.807) is 18.4 Å². The Kier molecular flexibility index (Phi) is 6.68. The first-order chi connectivity index (χ1) is 18.7. The summed E-state index contributed by atoms with van der Waals surface area (Å²) in [6, 6.07) is 6.29. The number of ether oxygens (including phenoxy) is 3. The van der Waals surface area contributed by atoms with E-state index in [1.165, 1.54) is 0 Å². The number of nitrogens with one attached hydrogen (secondary N) is 1. The van der Waals surface area contributed by atoms with Gasteiger partial charge in [0.15, 0.2) is 5.65 Å². The molecule has 2 atom stereocenters. The minimum absolute atomic E-state index is 0.0389. The maximum absolute atomic E-state index is 12.2. The fraction of sp³-hybridized carbons (Fsp3) is 0.519. The normalized spacial score (nSPS) is 21.6. The topological polar surface area (TPSA) is 105 Å². The number of piperazine rings is 1. The van der Waals surface area contributed by atoms with Crippen LogP contribution in [-0.4, -0.2) is 90.4 Å². The fourth-order valence-electron chi connectivity index (χ4n) is 5.60. The summed E-state index contributed by atoms with van der Waals surface area (Å²) in [6.07, 6.45) is 1.81. The Morgan fingerprint density at radius 3 is 2.67 bits per heavy atom. The largest absolute Gasteiger partial charge is 0.528 e. The van der Waals surface area contributed by atoms with Crippen LogP contribution in [-0.2, 0) is 14.3 Å². The van der Waals surface area contributed by atoms with E-state index in [1.807, 2.05) is 32.9 Å². The Hall–Kier alpha value is -3.28. The zero-order valence-corrected chi connectivity index (χ0v) is 23.3. The lowest BCUT2D eigenvalue weighted by Crippen LogP contribution is -2.47. The molecule has 1 aromatic carbocycles. The minimum atomic E-state index is -0.683. The number of pyridine rings is 1. The Balaban J connectivity index is 1.25. The molecule has 3 aliphatic heterocycles. The summed E-state index contributed by atoms with van der Waals surface area (Å²) in [4.78, 5) is 35.0. The number of anilines is 2. The molecule has 1 N–H and O–H groups in total. The van der Waals surface area contributed by atoms with Crippen LogP contribution in [0.15, 0.2) is 24.4 Å². The second-order valence-corrected chi connectivity index (χ2v) is 11.5. The molecule has 3 aromatic rings. The summed E-state index contributed by atoms with van der Waals surface area (Å²) in [5.74, 6) is 1.38. The van der Waals surface area contributed by atoms with Crippen molar-refractivity contribution in [2.45, 2.75) is 44.9 Å². The van der Waals surface area contributed by atoms with Crippen molar-refractivity contribution in [2.24, 2.45) is 0 Å². The smallest absolute Gasteiger partial charge is 0.496 e. The highest BCUT2D eigenvalue weighted by Crippen LogP contribution is 2.42. The van der Waals surface area contributed by atoms with Crippen LogP contribution in [0, 0.1) is 0 Å². The summed E-state index contributed by atoms with van der Waals surface area (Å²) in [7, 11) is 1.66. The molecule has 3 fully saturated rings. The zero-order valence-electron chi connectivity index (χ0n) is 22.6. The van der Waals surface area contributed by atoms with Crippen molar-refractivity contribution in [3.8, 4) is 17.1 Å². The lowest BCUT2D eigenvalue weighted by Gasteiger charge is -2.34. The summed E-state index contributed by atoms with van der Waals surface area (Å²) in [6.45, 7) is 9.77. The number of imidazole rings is 1. The molecule has 3 aliphatic rings. The van der Waals surface area contributed by atoms with Gasteiger partial charge < -0.3 is 33.8 Å². The number of morpholine rings is 1. The third kappa shape index (κ3) is 5.06. The average molecular weight is 557 g/mol. The standard InChI is InChI=1S/C27H33ClN6O5/c1-27(2,3)38-26(35)39-34-15-17-11-18(34)14-33(17)23-20(28)13-29-25-22(23)30-24(31-25)19-6-5-16(12-21(19)36-4)32-7-9-37-10-8-32/h5-6,12-13,17-18H,7-11,14-15H2,1-4H3,(H,29,30,31)/t17-,18-/m0/s1. The van der Waals surface area contributed by atoms with Crippen LogP contribution in [0.4, 0.5) is 16.2 Å². The number of carbonyl (C=O) groups excluding carboxylic acids is 1. The van der Waals surface area contributed by atoms with Crippen molar-refractivity contribution in [1.29, 1.82) is 0 Å². The molecule has 0 amide bonds. The molecule has 2 aromatic heterocycles. The Morgan fingerprint density at radius 1 is 1.18 bits per heavy atom. The quantitative estimate of drug-likeness (QED) is 0.458. The molecule has 11 nitrogen and oxygen atoms in total. The number of nitrogens with zero attached hydrogens (tertiary/aromatic N) is 5. The highest BCUT2D eigenvalue weighted by molar-refractivity contribution is 6.34. The highest BCUT2D eigenvalue weighted by atomic mass is 35.5. The Labute approximate surface area is 231 Å². The number of fused-ring (bicyclic) bond motifs is 3. The molecule has 3 saturated heterocycles. The Morgan fingerprint density at radius 2 is 1.97 bits per heavy atom. The summed E-state index contributed by atoms with van der Waals surface area (Å²) >= 11 is 6.72. The third-order valence-corrected chi connectivity index (χ3v) is 7.60.